The molecular weight excluding hydrogens is 462 g/mol. The molecule has 182 valence electrons. The molecule has 6 N–H and O–H groups in total. The minimum Gasteiger partial charge on any atom is -0.759 e. The van der Waals surface area contributed by atoms with Crippen LogP contribution in [0.1, 0.15) is 5.56 Å². The molecule has 13 heteroatoms. The van der Waals surface area contributed by atoms with Gasteiger partial charge >= 0.3 is 0 Å². The Labute approximate surface area is 189 Å². The predicted molar refractivity (Wildman–Crippen MR) is 114 cm³/mol. The van der Waals surface area contributed by atoms with E-state index in [4.69, 9.17) is 36.5 Å². The van der Waals surface area contributed by atoms with E-state index in [-0.39, 0.29) is 16.4 Å². The van der Waals surface area contributed by atoms with Gasteiger partial charge in [0.1, 0.15) is 0 Å². The second-order valence-corrected chi connectivity index (χ2v) is 7.49. The summed E-state index contributed by atoms with van der Waals surface area (Å²) in [6, 6.07) is 10.4. The number of benzene rings is 2. The van der Waals surface area contributed by atoms with E-state index in [9.17, 15) is 0 Å². The molecule has 0 saturated heterocycles. The standard InChI is InChI=1S/C20H18NO4.H2O4S.3H2O/c1-22-17-4-3-12-7-16-14-9-19-18(24-11-25-19)8-13(14)5-6-21(16)10-15(12)20(17)23-2;1-5(2,3)4;;;/h3-4,7-10H,5-6,11H2,1-2H3;(H2,1,2,3,4);3*1H2/q+1;;;;/p-2. The van der Waals surface area contributed by atoms with Gasteiger partial charge in [0.25, 0.3) is 0 Å². The highest BCUT2D eigenvalue weighted by Crippen LogP contribution is 2.41. The maximum atomic E-state index is 8.52. The average Bonchev–Trinajstić information content (AvgIpc) is 3.16. The third-order valence-corrected chi connectivity index (χ3v) is 5.00. The molecule has 0 amide bonds. The number of methoxy groups -OCH3 is 2. The number of pyridine rings is 1. The highest BCUT2D eigenvalue weighted by atomic mass is 32.3. The normalized spacial score (nSPS) is 12.5. The van der Waals surface area contributed by atoms with E-state index >= 15 is 0 Å². The molecule has 0 saturated carbocycles. The molecular formula is C20H24NO11S-. The van der Waals surface area contributed by atoms with Crippen molar-refractivity contribution in [2.75, 3.05) is 21.0 Å². The monoisotopic (exact) mass is 486 g/mol. The summed E-state index contributed by atoms with van der Waals surface area (Å²) in [7, 11) is -1.83. The van der Waals surface area contributed by atoms with Crippen LogP contribution >= 0.6 is 0 Å². The van der Waals surface area contributed by atoms with Gasteiger partial charge in [-0.15, -0.1) is 0 Å². The number of hydrogen-bond donors (Lipinski definition) is 0. The van der Waals surface area contributed by atoms with E-state index in [1.54, 1.807) is 14.2 Å². The number of hydrogen-bond acceptors (Lipinski definition) is 8. The fraction of sp³-hybridized carbons (Fsp3) is 0.250. The van der Waals surface area contributed by atoms with Crippen LogP contribution in [0.2, 0.25) is 0 Å². The Morgan fingerprint density at radius 2 is 1.61 bits per heavy atom. The van der Waals surface area contributed by atoms with Crippen LogP contribution in [0.15, 0.2) is 36.5 Å². The summed E-state index contributed by atoms with van der Waals surface area (Å²) in [5.41, 5.74) is 3.68. The first-order valence-electron chi connectivity index (χ1n) is 8.96. The quantitative estimate of drug-likeness (QED) is 0.255. The van der Waals surface area contributed by atoms with Crippen LogP contribution in [0.25, 0.3) is 22.0 Å². The summed E-state index contributed by atoms with van der Waals surface area (Å²) >= 11 is 0. The lowest BCUT2D eigenvalue weighted by atomic mass is 9.95. The highest BCUT2D eigenvalue weighted by Gasteiger charge is 2.28. The third kappa shape index (κ3) is 5.60. The topological polar surface area (TPSA) is 216 Å². The van der Waals surface area contributed by atoms with Crippen LogP contribution < -0.4 is 23.5 Å². The molecule has 3 aromatic rings. The molecule has 3 heterocycles. The molecule has 0 atom stereocenters. The van der Waals surface area contributed by atoms with E-state index in [0.717, 1.165) is 46.7 Å². The van der Waals surface area contributed by atoms with Crippen molar-refractivity contribution in [3.8, 4) is 34.3 Å². The molecule has 0 radical (unpaired) electrons. The van der Waals surface area contributed by atoms with Crippen LogP contribution in [0.5, 0.6) is 23.0 Å². The van der Waals surface area contributed by atoms with Gasteiger partial charge in [0.15, 0.2) is 35.7 Å². The van der Waals surface area contributed by atoms with Gasteiger partial charge in [-0.1, -0.05) is 0 Å². The fourth-order valence-electron chi connectivity index (χ4n) is 3.77. The molecule has 0 aliphatic carbocycles. The van der Waals surface area contributed by atoms with Crippen LogP contribution in [-0.2, 0) is 23.4 Å². The van der Waals surface area contributed by atoms with Crippen molar-refractivity contribution in [3.05, 3.63) is 42.1 Å². The molecule has 2 aromatic carbocycles. The van der Waals surface area contributed by atoms with Gasteiger partial charge in [0.05, 0.1) is 25.2 Å². The molecule has 12 nitrogen and oxygen atoms in total. The van der Waals surface area contributed by atoms with E-state index in [0.29, 0.717) is 6.79 Å². The lowest BCUT2D eigenvalue weighted by molar-refractivity contribution is -0.686. The highest BCUT2D eigenvalue weighted by molar-refractivity contribution is 7.79. The lowest BCUT2D eigenvalue weighted by Crippen LogP contribution is -2.40. The van der Waals surface area contributed by atoms with Crippen molar-refractivity contribution in [1.82, 2.24) is 0 Å². The Morgan fingerprint density at radius 1 is 0.970 bits per heavy atom. The van der Waals surface area contributed by atoms with Crippen LogP contribution in [0, 0.1) is 0 Å². The zero-order valence-corrected chi connectivity index (χ0v) is 18.5. The van der Waals surface area contributed by atoms with Gasteiger partial charge in [-0.25, -0.2) is 0 Å². The molecule has 0 fully saturated rings. The van der Waals surface area contributed by atoms with Crippen molar-refractivity contribution in [1.29, 1.82) is 0 Å². The largest absolute Gasteiger partial charge is 0.759 e. The van der Waals surface area contributed by atoms with Crippen molar-refractivity contribution < 1.29 is 57.5 Å². The first-order valence-corrected chi connectivity index (χ1v) is 10.3. The second kappa shape index (κ2) is 10.6. The van der Waals surface area contributed by atoms with Gasteiger partial charge in [-0.3, -0.25) is 8.42 Å². The smallest absolute Gasteiger partial charge is 0.231 e. The van der Waals surface area contributed by atoms with Crippen LogP contribution in [0.4, 0.5) is 0 Å². The summed E-state index contributed by atoms with van der Waals surface area (Å²) in [4.78, 5) is 0. The molecule has 2 aliphatic rings. The maximum Gasteiger partial charge on any atom is 0.231 e. The van der Waals surface area contributed by atoms with E-state index in [1.165, 1.54) is 16.8 Å². The van der Waals surface area contributed by atoms with Gasteiger partial charge in [-0.2, -0.15) is 4.57 Å². The Balaban J connectivity index is 0.000000622. The first kappa shape index (κ1) is 27.8. The third-order valence-electron chi connectivity index (χ3n) is 5.00. The molecule has 33 heavy (non-hydrogen) atoms. The number of ether oxygens (including phenoxy) is 4. The molecule has 0 spiro atoms. The number of aromatic nitrogens is 1. The Morgan fingerprint density at radius 3 is 2.21 bits per heavy atom. The number of aryl methyl sites for hydroxylation is 2. The number of fused-ring (bicyclic) bond motifs is 5. The van der Waals surface area contributed by atoms with Gasteiger partial charge in [0.2, 0.25) is 12.5 Å². The van der Waals surface area contributed by atoms with Crippen molar-refractivity contribution in [2.45, 2.75) is 13.0 Å². The Kier molecular flexibility index (Phi) is 8.95. The second-order valence-electron chi connectivity index (χ2n) is 6.68. The summed E-state index contributed by atoms with van der Waals surface area (Å²) in [5.74, 6) is 3.18. The van der Waals surface area contributed by atoms with E-state index in [1.807, 2.05) is 6.07 Å². The minimum atomic E-state index is -5.17. The van der Waals surface area contributed by atoms with E-state index < -0.39 is 10.4 Å². The molecule has 2 aliphatic heterocycles. The summed E-state index contributed by atoms with van der Waals surface area (Å²) < 4.78 is 58.5. The number of nitrogens with zero attached hydrogens (tertiary/aromatic N) is 1. The Hall–Kier alpha value is -3.20. The fourth-order valence-corrected chi connectivity index (χ4v) is 3.77. The van der Waals surface area contributed by atoms with E-state index in [2.05, 4.69) is 35.0 Å². The maximum absolute atomic E-state index is 8.52. The number of rotatable bonds is 2. The predicted octanol–water partition coefficient (Wildman–Crippen LogP) is -0.716. The van der Waals surface area contributed by atoms with Crippen molar-refractivity contribution in [2.24, 2.45) is 0 Å². The average molecular weight is 486 g/mol. The van der Waals surface area contributed by atoms with Gasteiger partial charge < -0.3 is 44.5 Å². The SMILES string of the molecule is COc1ccc2cc3[n+](cc2c1OC)CCc1cc2c(cc1-3)OCO2.O.O.O.O=S(=O)([O-])[O-]. The van der Waals surface area contributed by atoms with Crippen LogP contribution in [-0.4, -0.2) is 55.0 Å². The lowest BCUT2D eigenvalue weighted by Gasteiger charge is -2.17. The van der Waals surface area contributed by atoms with Crippen molar-refractivity contribution in [3.63, 3.8) is 0 Å². The Bertz CT molecular complexity index is 1240. The zero-order chi connectivity index (χ0) is 21.5. The molecule has 0 bridgehead atoms. The zero-order valence-electron chi connectivity index (χ0n) is 17.7. The van der Waals surface area contributed by atoms with Crippen molar-refractivity contribution >= 4 is 21.2 Å². The summed E-state index contributed by atoms with van der Waals surface area (Å²) in [5, 5.41) is 2.17. The summed E-state index contributed by atoms with van der Waals surface area (Å²) in [6.45, 7) is 1.21. The minimum absolute atomic E-state index is 0. The van der Waals surface area contributed by atoms with Gasteiger partial charge in [0, 0.05) is 22.9 Å². The van der Waals surface area contributed by atoms with Crippen LogP contribution in [0.3, 0.4) is 0 Å². The molecule has 0 unspecified atom stereocenters. The van der Waals surface area contributed by atoms with Gasteiger partial charge in [-0.05, 0) is 35.2 Å². The molecule has 5 rings (SSSR count). The summed E-state index contributed by atoms with van der Waals surface area (Å²) in [6.07, 6.45) is 3.11. The molecule has 1 aromatic heterocycles. The first-order chi connectivity index (χ1) is 14.3.